The van der Waals surface area contributed by atoms with E-state index in [4.69, 9.17) is 0 Å². The smallest absolute Gasteiger partial charge is 0.309 e. The SMILES string of the molecule is COC(=O)C/C=C\CN1CCCCC1. The molecule has 1 rings (SSSR count). The summed E-state index contributed by atoms with van der Waals surface area (Å²) in [4.78, 5) is 13.2. The zero-order valence-electron chi connectivity index (χ0n) is 8.87. The molecule has 0 spiro atoms. The Kier molecular flexibility index (Phi) is 5.30. The normalized spacial score (nSPS) is 18.6. The van der Waals surface area contributed by atoms with Crippen molar-refractivity contribution in [2.24, 2.45) is 0 Å². The van der Waals surface area contributed by atoms with Gasteiger partial charge in [0, 0.05) is 6.54 Å². The van der Waals surface area contributed by atoms with Crippen LogP contribution in [-0.2, 0) is 9.53 Å². The van der Waals surface area contributed by atoms with E-state index in [0.29, 0.717) is 6.42 Å². The average Bonchev–Trinajstić information content (AvgIpc) is 2.25. The van der Waals surface area contributed by atoms with E-state index in [1.165, 1.54) is 39.5 Å². The summed E-state index contributed by atoms with van der Waals surface area (Å²) in [6.07, 6.45) is 8.32. The highest BCUT2D eigenvalue weighted by molar-refractivity contribution is 5.70. The number of carbonyl (C=O) groups is 1. The van der Waals surface area contributed by atoms with Crippen molar-refractivity contribution in [1.29, 1.82) is 0 Å². The number of rotatable bonds is 4. The number of nitrogens with zero attached hydrogens (tertiary/aromatic N) is 1. The first kappa shape index (κ1) is 11.2. The molecule has 0 aromatic rings. The number of esters is 1. The van der Waals surface area contributed by atoms with Crippen LogP contribution in [0.2, 0.25) is 0 Å². The molecule has 0 saturated carbocycles. The number of piperidine rings is 1. The van der Waals surface area contributed by atoms with E-state index < -0.39 is 0 Å². The molecule has 1 heterocycles. The molecule has 3 nitrogen and oxygen atoms in total. The number of methoxy groups -OCH3 is 1. The molecule has 0 aromatic carbocycles. The summed E-state index contributed by atoms with van der Waals surface area (Å²) in [7, 11) is 1.42. The molecule has 14 heavy (non-hydrogen) atoms. The topological polar surface area (TPSA) is 29.5 Å². The van der Waals surface area contributed by atoms with Crippen LogP contribution in [0.4, 0.5) is 0 Å². The van der Waals surface area contributed by atoms with Crippen molar-refractivity contribution in [3.05, 3.63) is 12.2 Å². The van der Waals surface area contributed by atoms with Crippen molar-refractivity contribution in [1.82, 2.24) is 4.90 Å². The molecule has 0 amide bonds. The van der Waals surface area contributed by atoms with Gasteiger partial charge in [0.05, 0.1) is 13.5 Å². The summed E-state index contributed by atoms with van der Waals surface area (Å²) >= 11 is 0. The molecule has 0 radical (unpaired) electrons. The summed E-state index contributed by atoms with van der Waals surface area (Å²) in [6, 6.07) is 0. The van der Waals surface area contributed by atoms with Crippen LogP contribution in [-0.4, -0.2) is 37.6 Å². The Hall–Kier alpha value is -0.830. The van der Waals surface area contributed by atoms with Gasteiger partial charge in [-0.15, -0.1) is 0 Å². The molecular weight excluding hydrogens is 178 g/mol. The third-order valence-electron chi connectivity index (χ3n) is 2.49. The highest BCUT2D eigenvalue weighted by atomic mass is 16.5. The van der Waals surface area contributed by atoms with Crippen molar-refractivity contribution < 1.29 is 9.53 Å². The van der Waals surface area contributed by atoms with E-state index in [1.54, 1.807) is 0 Å². The Balaban J connectivity index is 2.09. The van der Waals surface area contributed by atoms with Crippen LogP contribution in [0, 0.1) is 0 Å². The highest BCUT2D eigenvalue weighted by Gasteiger charge is 2.07. The molecule has 0 unspecified atom stereocenters. The molecule has 1 fully saturated rings. The van der Waals surface area contributed by atoms with E-state index in [0.717, 1.165) is 6.54 Å². The van der Waals surface area contributed by atoms with Crippen LogP contribution < -0.4 is 0 Å². The van der Waals surface area contributed by atoms with Crippen molar-refractivity contribution >= 4 is 5.97 Å². The number of ether oxygens (including phenoxy) is 1. The number of hydrogen-bond acceptors (Lipinski definition) is 3. The number of likely N-dealkylation sites (tertiary alicyclic amines) is 1. The quantitative estimate of drug-likeness (QED) is 0.506. The summed E-state index contributed by atoms with van der Waals surface area (Å²) in [5.74, 6) is -0.167. The maximum atomic E-state index is 10.8. The molecule has 80 valence electrons. The first-order chi connectivity index (χ1) is 6.83. The van der Waals surface area contributed by atoms with Gasteiger partial charge in [-0.1, -0.05) is 18.6 Å². The Morgan fingerprint density at radius 2 is 2.00 bits per heavy atom. The molecule has 0 N–H and O–H groups in total. The maximum Gasteiger partial charge on any atom is 0.309 e. The van der Waals surface area contributed by atoms with Gasteiger partial charge in [0.2, 0.25) is 0 Å². The second-order valence-electron chi connectivity index (χ2n) is 3.61. The highest BCUT2D eigenvalue weighted by Crippen LogP contribution is 2.07. The summed E-state index contributed by atoms with van der Waals surface area (Å²) in [5, 5.41) is 0. The van der Waals surface area contributed by atoms with Gasteiger partial charge in [-0.3, -0.25) is 9.69 Å². The number of carbonyl (C=O) groups excluding carboxylic acids is 1. The van der Waals surface area contributed by atoms with Crippen LogP contribution in [0.1, 0.15) is 25.7 Å². The average molecular weight is 197 g/mol. The van der Waals surface area contributed by atoms with Crippen LogP contribution in [0.25, 0.3) is 0 Å². The van der Waals surface area contributed by atoms with Crippen LogP contribution in [0.15, 0.2) is 12.2 Å². The fraction of sp³-hybridized carbons (Fsp3) is 0.727. The fourth-order valence-electron chi connectivity index (χ4n) is 1.63. The van der Waals surface area contributed by atoms with Gasteiger partial charge >= 0.3 is 5.97 Å². The van der Waals surface area contributed by atoms with Crippen molar-refractivity contribution in [3.63, 3.8) is 0 Å². The number of hydrogen-bond donors (Lipinski definition) is 0. The minimum Gasteiger partial charge on any atom is -0.469 e. The molecule has 0 bridgehead atoms. The molecule has 1 saturated heterocycles. The Labute approximate surface area is 85.7 Å². The second-order valence-corrected chi connectivity index (χ2v) is 3.61. The zero-order valence-corrected chi connectivity index (χ0v) is 8.87. The molecule has 1 aliphatic heterocycles. The second kappa shape index (κ2) is 6.60. The third kappa shape index (κ3) is 4.42. The minimum atomic E-state index is -0.167. The van der Waals surface area contributed by atoms with Crippen LogP contribution in [0.3, 0.4) is 0 Å². The van der Waals surface area contributed by atoms with E-state index in [9.17, 15) is 4.79 Å². The third-order valence-corrected chi connectivity index (χ3v) is 2.49. The minimum absolute atomic E-state index is 0.167. The maximum absolute atomic E-state index is 10.8. The Morgan fingerprint density at radius 1 is 1.29 bits per heavy atom. The van der Waals surface area contributed by atoms with Gasteiger partial charge in [-0.2, -0.15) is 0 Å². The molecule has 0 aromatic heterocycles. The lowest BCUT2D eigenvalue weighted by Crippen LogP contribution is -2.29. The largest absolute Gasteiger partial charge is 0.469 e. The van der Waals surface area contributed by atoms with Crippen molar-refractivity contribution in [2.45, 2.75) is 25.7 Å². The lowest BCUT2D eigenvalue weighted by atomic mass is 10.1. The van der Waals surface area contributed by atoms with E-state index >= 15 is 0 Å². The van der Waals surface area contributed by atoms with Gasteiger partial charge in [-0.05, 0) is 25.9 Å². The van der Waals surface area contributed by atoms with Gasteiger partial charge in [0.15, 0.2) is 0 Å². The predicted octanol–water partition coefficient (Wildman–Crippen LogP) is 1.59. The van der Waals surface area contributed by atoms with Gasteiger partial charge in [0.25, 0.3) is 0 Å². The fourth-order valence-corrected chi connectivity index (χ4v) is 1.63. The molecule has 3 heteroatoms. The Bertz CT molecular complexity index is 195. The zero-order chi connectivity index (χ0) is 10.2. The molecular formula is C11H19NO2. The lowest BCUT2D eigenvalue weighted by Gasteiger charge is -2.24. The van der Waals surface area contributed by atoms with Gasteiger partial charge in [0.1, 0.15) is 0 Å². The molecule has 1 aliphatic rings. The monoisotopic (exact) mass is 197 g/mol. The van der Waals surface area contributed by atoms with Gasteiger partial charge in [-0.25, -0.2) is 0 Å². The van der Waals surface area contributed by atoms with Crippen LogP contribution >= 0.6 is 0 Å². The summed E-state index contributed by atoms with van der Waals surface area (Å²) in [6.45, 7) is 3.36. The first-order valence-corrected chi connectivity index (χ1v) is 5.27. The van der Waals surface area contributed by atoms with Gasteiger partial charge < -0.3 is 4.74 Å². The standard InChI is InChI=1S/C11H19NO2/c1-14-11(13)7-3-6-10-12-8-4-2-5-9-12/h3,6H,2,4-5,7-10H2,1H3/b6-3-. The van der Waals surface area contributed by atoms with Crippen molar-refractivity contribution in [3.8, 4) is 0 Å². The van der Waals surface area contributed by atoms with E-state index in [1.807, 2.05) is 6.08 Å². The first-order valence-electron chi connectivity index (χ1n) is 5.27. The summed E-state index contributed by atoms with van der Waals surface area (Å²) in [5.41, 5.74) is 0. The van der Waals surface area contributed by atoms with E-state index in [-0.39, 0.29) is 5.97 Å². The predicted molar refractivity (Wildman–Crippen MR) is 56.1 cm³/mol. The Morgan fingerprint density at radius 3 is 2.64 bits per heavy atom. The molecule has 0 aliphatic carbocycles. The molecule has 0 atom stereocenters. The lowest BCUT2D eigenvalue weighted by molar-refractivity contribution is -0.139. The van der Waals surface area contributed by atoms with Crippen LogP contribution in [0.5, 0.6) is 0 Å². The summed E-state index contributed by atoms with van der Waals surface area (Å²) < 4.78 is 4.54. The van der Waals surface area contributed by atoms with E-state index in [2.05, 4.69) is 15.7 Å². The van der Waals surface area contributed by atoms with Crippen molar-refractivity contribution in [2.75, 3.05) is 26.7 Å².